The van der Waals surface area contributed by atoms with Crippen LogP contribution in [0.5, 0.6) is 5.75 Å². The van der Waals surface area contributed by atoms with Crippen molar-refractivity contribution in [1.82, 2.24) is 5.32 Å². The zero-order valence-corrected chi connectivity index (χ0v) is 14.1. The van der Waals surface area contributed by atoms with E-state index in [0.29, 0.717) is 5.75 Å². The number of aryl methyl sites for hydroxylation is 1. The molecule has 1 fully saturated rings. The number of carboxylic acid groups (broad SMARTS) is 1. The van der Waals surface area contributed by atoms with E-state index in [0.717, 1.165) is 24.0 Å². The summed E-state index contributed by atoms with van der Waals surface area (Å²) in [5.74, 6) is -0.360. The highest BCUT2D eigenvalue weighted by molar-refractivity contribution is 5.86. The SMILES string of the molecule is Cc1ccc(C(C)C)c(OC(C)C(=O)NC(C(=O)O)C2CC2)c1. The lowest BCUT2D eigenvalue weighted by Gasteiger charge is -2.21. The van der Waals surface area contributed by atoms with Crippen molar-refractivity contribution >= 4 is 11.9 Å². The lowest BCUT2D eigenvalue weighted by atomic mass is 10.0. The second-order valence-corrected chi connectivity index (χ2v) is 6.62. The van der Waals surface area contributed by atoms with Gasteiger partial charge in [0.25, 0.3) is 5.91 Å². The number of carbonyl (C=O) groups excluding carboxylic acids is 1. The van der Waals surface area contributed by atoms with Crippen LogP contribution in [-0.4, -0.2) is 29.1 Å². The highest BCUT2D eigenvalue weighted by Crippen LogP contribution is 2.33. The summed E-state index contributed by atoms with van der Waals surface area (Å²) in [6.07, 6.45) is 0.957. The van der Waals surface area contributed by atoms with Crippen LogP contribution in [0, 0.1) is 12.8 Å². The molecule has 0 heterocycles. The Morgan fingerprint density at radius 3 is 2.43 bits per heavy atom. The normalized spacial score (nSPS) is 16.7. The summed E-state index contributed by atoms with van der Waals surface area (Å²) in [5.41, 5.74) is 2.09. The number of ether oxygens (including phenoxy) is 1. The average molecular weight is 319 g/mol. The lowest BCUT2D eigenvalue weighted by Crippen LogP contribution is -2.47. The number of benzene rings is 1. The molecule has 5 heteroatoms. The molecule has 2 atom stereocenters. The molecule has 1 aromatic rings. The molecule has 23 heavy (non-hydrogen) atoms. The standard InChI is InChI=1S/C18H25NO4/c1-10(2)14-8-5-11(3)9-15(14)23-12(4)17(20)19-16(18(21)22)13-6-7-13/h5,8-10,12-13,16H,6-7H2,1-4H3,(H,19,20)(H,21,22). The maximum Gasteiger partial charge on any atom is 0.326 e. The Hall–Kier alpha value is -2.04. The van der Waals surface area contributed by atoms with E-state index < -0.39 is 18.1 Å². The fourth-order valence-electron chi connectivity index (χ4n) is 2.55. The van der Waals surface area contributed by atoms with Crippen LogP contribution in [0.15, 0.2) is 18.2 Å². The van der Waals surface area contributed by atoms with Crippen molar-refractivity contribution in [3.63, 3.8) is 0 Å². The van der Waals surface area contributed by atoms with Crippen LogP contribution >= 0.6 is 0 Å². The average Bonchev–Trinajstić information content (AvgIpc) is 3.28. The van der Waals surface area contributed by atoms with E-state index >= 15 is 0 Å². The summed E-state index contributed by atoms with van der Waals surface area (Å²) in [6.45, 7) is 7.74. The van der Waals surface area contributed by atoms with Crippen molar-refractivity contribution in [2.45, 2.75) is 58.6 Å². The zero-order chi connectivity index (χ0) is 17.1. The van der Waals surface area contributed by atoms with E-state index in [1.54, 1.807) is 6.92 Å². The van der Waals surface area contributed by atoms with Gasteiger partial charge in [0.1, 0.15) is 11.8 Å². The first-order valence-electron chi connectivity index (χ1n) is 8.10. The van der Waals surface area contributed by atoms with Crippen LogP contribution in [-0.2, 0) is 9.59 Å². The molecule has 2 N–H and O–H groups in total. The molecular formula is C18H25NO4. The lowest BCUT2D eigenvalue weighted by molar-refractivity contribution is -0.143. The molecule has 1 saturated carbocycles. The van der Waals surface area contributed by atoms with E-state index in [4.69, 9.17) is 4.74 Å². The summed E-state index contributed by atoms with van der Waals surface area (Å²) in [7, 11) is 0. The summed E-state index contributed by atoms with van der Waals surface area (Å²) in [4.78, 5) is 23.5. The Balaban J connectivity index is 2.06. The van der Waals surface area contributed by atoms with E-state index in [1.165, 1.54) is 0 Å². The maximum atomic E-state index is 12.3. The van der Waals surface area contributed by atoms with Crippen molar-refractivity contribution in [3.8, 4) is 5.75 Å². The molecule has 0 saturated heterocycles. The molecule has 1 aliphatic rings. The molecule has 0 spiro atoms. The van der Waals surface area contributed by atoms with E-state index in [-0.39, 0.29) is 17.7 Å². The molecule has 0 radical (unpaired) electrons. The molecular weight excluding hydrogens is 294 g/mol. The Morgan fingerprint density at radius 1 is 1.26 bits per heavy atom. The second kappa shape index (κ2) is 7.02. The predicted molar refractivity (Wildman–Crippen MR) is 87.6 cm³/mol. The second-order valence-electron chi connectivity index (χ2n) is 6.62. The summed E-state index contributed by atoms with van der Waals surface area (Å²) < 4.78 is 5.83. The first-order chi connectivity index (χ1) is 10.8. The Kier molecular flexibility index (Phi) is 5.29. The molecule has 1 aliphatic carbocycles. The van der Waals surface area contributed by atoms with Gasteiger partial charge in [-0.25, -0.2) is 4.79 Å². The molecule has 0 aliphatic heterocycles. The quantitative estimate of drug-likeness (QED) is 0.810. The molecule has 1 amide bonds. The molecule has 126 valence electrons. The van der Waals surface area contributed by atoms with Gasteiger partial charge in [0.05, 0.1) is 0 Å². The first kappa shape index (κ1) is 17.3. The van der Waals surface area contributed by atoms with Crippen molar-refractivity contribution in [2.24, 2.45) is 5.92 Å². The van der Waals surface area contributed by atoms with Crippen LogP contribution in [0.2, 0.25) is 0 Å². The van der Waals surface area contributed by atoms with Gasteiger partial charge < -0.3 is 15.2 Å². The van der Waals surface area contributed by atoms with Gasteiger partial charge in [-0.05, 0) is 55.7 Å². The first-order valence-corrected chi connectivity index (χ1v) is 8.10. The Bertz CT molecular complexity index is 593. The number of carbonyl (C=O) groups is 2. The molecule has 0 bridgehead atoms. The van der Waals surface area contributed by atoms with Gasteiger partial charge in [-0.3, -0.25) is 4.79 Å². The minimum atomic E-state index is -0.980. The van der Waals surface area contributed by atoms with Gasteiger partial charge in [0.15, 0.2) is 6.10 Å². The molecule has 5 nitrogen and oxygen atoms in total. The summed E-state index contributed by atoms with van der Waals surface area (Å²) >= 11 is 0. The third-order valence-corrected chi connectivity index (χ3v) is 4.12. The van der Waals surface area contributed by atoms with Gasteiger partial charge >= 0.3 is 5.97 Å². The third-order valence-electron chi connectivity index (χ3n) is 4.12. The summed E-state index contributed by atoms with van der Waals surface area (Å²) in [6, 6.07) is 5.12. The smallest absolute Gasteiger partial charge is 0.326 e. The fraction of sp³-hybridized carbons (Fsp3) is 0.556. The van der Waals surface area contributed by atoms with Gasteiger partial charge in [-0.2, -0.15) is 0 Å². The Labute approximate surface area is 137 Å². The number of amides is 1. The van der Waals surface area contributed by atoms with Crippen LogP contribution in [0.4, 0.5) is 0 Å². The minimum absolute atomic E-state index is 0.0499. The third kappa shape index (κ3) is 4.47. The van der Waals surface area contributed by atoms with Crippen LogP contribution < -0.4 is 10.1 Å². The van der Waals surface area contributed by atoms with Crippen molar-refractivity contribution in [1.29, 1.82) is 0 Å². The van der Waals surface area contributed by atoms with Crippen LogP contribution in [0.1, 0.15) is 50.7 Å². The molecule has 2 unspecified atom stereocenters. The highest BCUT2D eigenvalue weighted by atomic mass is 16.5. The number of hydrogen-bond acceptors (Lipinski definition) is 3. The van der Waals surface area contributed by atoms with E-state index in [2.05, 4.69) is 19.2 Å². The number of nitrogens with one attached hydrogen (secondary N) is 1. The fourth-order valence-corrected chi connectivity index (χ4v) is 2.55. The molecule has 0 aromatic heterocycles. The minimum Gasteiger partial charge on any atom is -0.481 e. The van der Waals surface area contributed by atoms with Crippen molar-refractivity contribution in [3.05, 3.63) is 29.3 Å². The number of hydrogen-bond donors (Lipinski definition) is 2. The number of carboxylic acids is 1. The highest BCUT2D eigenvalue weighted by Gasteiger charge is 2.38. The molecule has 1 aromatic carbocycles. The summed E-state index contributed by atoms with van der Waals surface area (Å²) in [5, 5.41) is 11.8. The van der Waals surface area contributed by atoms with Crippen molar-refractivity contribution < 1.29 is 19.4 Å². The van der Waals surface area contributed by atoms with Gasteiger partial charge in [0, 0.05) is 0 Å². The zero-order valence-electron chi connectivity index (χ0n) is 14.1. The van der Waals surface area contributed by atoms with Crippen molar-refractivity contribution in [2.75, 3.05) is 0 Å². The number of aliphatic carboxylic acids is 1. The van der Waals surface area contributed by atoms with Crippen LogP contribution in [0.3, 0.4) is 0 Å². The number of rotatable bonds is 7. The Morgan fingerprint density at radius 2 is 1.91 bits per heavy atom. The van der Waals surface area contributed by atoms with Gasteiger partial charge in [0.2, 0.25) is 0 Å². The largest absolute Gasteiger partial charge is 0.481 e. The molecule has 2 rings (SSSR count). The predicted octanol–water partition coefficient (Wildman–Crippen LogP) is 2.87. The van der Waals surface area contributed by atoms with Gasteiger partial charge in [-0.15, -0.1) is 0 Å². The van der Waals surface area contributed by atoms with E-state index in [1.807, 2.05) is 25.1 Å². The monoisotopic (exact) mass is 319 g/mol. The van der Waals surface area contributed by atoms with Gasteiger partial charge in [-0.1, -0.05) is 26.0 Å². The topological polar surface area (TPSA) is 75.6 Å². The maximum absolute atomic E-state index is 12.3. The van der Waals surface area contributed by atoms with E-state index in [9.17, 15) is 14.7 Å². The van der Waals surface area contributed by atoms with Crippen LogP contribution in [0.25, 0.3) is 0 Å².